The van der Waals surface area contributed by atoms with E-state index in [1.165, 1.54) is 0 Å². The van der Waals surface area contributed by atoms with Gasteiger partial charge in [-0.3, -0.25) is 4.79 Å². The Morgan fingerprint density at radius 2 is 1.84 bits per heavy atom. The Labute approximate surface area is 193 Å². The minimum atomic E-state index is -0.322. The van der Waals surface area contributed by atoms with Gasteiger partial charge in [0.05, 0.1) is 5.02 Å². The van der Waals surface area contributed by atoms with Crippen molar-refractivity contribution in [2.45, 2.75) is 0 Å². The van der Waals surface area contributed by atoms with Gasteiger partial charge < -0.3 is 14.5 Å². The number of rotatable bonds is 5. The zero-order chi connectivity index (χ0) is 22.1. The number of ether oxygens (including phenoxy) is 1. The molecule has 0 aliphatic carbocycles. The summed E-state index contributed by atoms with van der Waals surface area (Å²) in [6.07, 6.45) is 0. The molecule has 0 aliphatic rings. The van der Waals surface area contributed by atoms with E-state index in [-0.39, 0.29) is 12.5 Å². The van der Waals surface area contributed by atoms with Crippen LogP contribution in [0.2, 0.25) is 10.0 Å². The van der Waals surface area contributed by atoms with Gasteiger partial charge in [-0.05, 0) is 47.9 Å². The number of nitrogens with one attached hydrogen (secondary N) is 1. The first kappa shape index (κ1) is 20.4. The van der Waals surface area contributed by atoms with Crippen LogP contribution in [0.4, 0.5) is 5.69 Å². The fourth-order valence-electron chi connectivity index (χ4n) is 3.45. The number of aromatic nitrogens is 1. The van der Waals surface area contributed by atoms with Crippen molar-refractivity contribution in [2.75, 3.05) is 11.9 Å². The number of nitrogens with zero attached hydrogens (tertiary/aromatic N) is 1. The number of carbonyl (C=O) groups excluding carboxylic acids is 1. The second-order valence-corrected chi connectivity index (χ2v) is 7.99. The fourth-order valence-corrected chi connectivity index (χ4v) is 3.91. The number of hydrogen-bond acceptors (Lipinski definition) is 4. The third-order valence-electron chi connectivity index (χ3n) is 4.93. The Morgan fingerprint density at radius 3 is 2.72 bits per heavy atom. The molecule has 1 heterocycles. The fraction of sp³-hybridized carbons (Fsp3) is 0.0400. The highest BCUT2D eigenvalue weighted by Gasteiger charge is 2.12. The SMILES string of the molecule is O=C(COc1ccc(Cl)cc1Cl)Nc1cccc(-c2nc3c(ccc4ccccc43)o2)c1. The number of carbonyl (C=O) groups is 1. The molecule has 158 valence electrons. The molecule has 0 bridgehead atoms. The zero-order valence-electron chi connectivity index (χ0n) is 16.6. The molecule has 0 radical (unpaired) electrons. The van der Waals surface area contributed by atoms with E-state index in [4.69, 9.17) is 37.3 Å². The lowest BCUT2D eigenvalue weighted by atomic mass is 10.1. The van der Waals surface area contributed by atoms with E-state index < -0.39 is 0 Å². The zero-order valence-corrected chi connectivity index (χ0v) is 18.2. The predicted molar refractivity (Wildman–Crippen MR) is 128 cm³/mol. The molecule has 0 spiro atoms. The summed E-state index contributed by atoms with van der Waals surface area (Å²) in [6.45, 7) is -0.194. The summed E-state index contributed by atoms with van der Waals surface area (Å²) in [4.78, 5) is 17.0. The van der Waals surface area contributed by atoms with Crippen LogP contribution in [-0.4, -0.2) is 17.5 Å². The van der Waals surface area contributed by atoms with E-state index in [0.717, 1.165) is 21.9 Å². The lowest BCUT2D eigenvalue weighted by Crippen LogP contribution is -2.20. The topological polar surface area (TPSA) is 64.4 Å². The van der Waals surface area contributed by atoms with Crippen molar-refractivity contribution in [1.82, 2.24) is 4.98 Å². The normalized spacial score (nSPS) is 11.1. The number of amides is 1. The summed E-state index contributed by atoms with van der Waals surface area (Å²) >= 11 is 11.9. The van der Waals surface area contributed by atoms with E-state index in [0.29, 0.717) is 33.0 Å². The van der Waals surface area contributed by atoms with Gasteiger partial charge in [-0.25, -0.2) is 4.98 Å². The summed E-state index contributed by atoms with van der Waals surface area (Å²) < 4.78 is 11.5. The highest BCUT2D eigenvalue weighted by molar-refractivity contribution is 6.35. The van der Waals surface area contributed by atoms with Crippen LogP contribution in [0.3, 0.4) is 0 Å². The maximum atomic E-state index is 12.4. The first-order valence-corrected chi connectivity index (χ1v) is 10.6. The van der Waals surface area contributed by atoms with Crippen LogP contribution in [0.25, 0.3) is 33.3 Å². The number of benzene rings is 4. The summed E-state index contributed by atoms with van der Waals surface area (Å²) in [5.41, 5.74) is 2.87. The Hall–Kier alpha value is -3.54. The van der Waals surface area contributed by atoms with Crippen molar-refractivity contribution in [2.24, 2.45) is 0 Å². The largest absolute Gasteiger partial charge is 0.482 e. The van der Waals surface area contributed by atoms with Crippen LogP contribution in [-0.2, 0) is 4.79 Å². The Balaban J connectivity index is 1.34. The quantitative estimate of drug-likeness (QED) is 0.306. The number of oxazole rings is 1. The van der Waals surface area contributed by atoms with E-state index in [1.54, 1.807) is 30.3 Å². The molecule has 0 atom stereocenters. The molecule has 1 amide bonds. The average molecular weight is 463 g/mol. The van der Waals surface area contributed by atoms with Crippen LogP contribution >= 0.6 is 23.2 Å². The van der Waals surface area contributed by atoms with E-state index >= 15 is 0 Å². The molecular weight excluding hydrogens is 447 g/mol. The summed E-state index contributed by atoms with van der Waals surface area (Å²) in [5.74, 6) is 0.548. The molecule has 32 heavy (non-hydrogen) atoms. The van der Waals surface area contributed by atoms with Crippen LogP contribution in [0.1, 0.15) is 0 Å². The molecule has 1 aromatic heterocycles. The molecule has 5 nitrogen and oxygen atoms in total. The van der Waals surface area contributed by atoms with Gasteiger partial charge in [-0.15, -0.1) is 0 Å². The molecule has 0 aliphatic heterocycles. The number of fused-ring (bicyclic) bond motifs is 3. The highest BCUT2D eigenvalue weighted by atomic mass is 35.5. The first-order chi connectivity index (χ1) is 15.6. The molecule has 0 saturated heterocycles. The summed E-state index contributed by atoms with van der Waals surface area (Å²) in [6, 6.07) is 24.1. The standard InChI is InChI=1S/C25H16Cl2N2O3/c26-17-9-11-21(20(27)13-17)31-14-23(30)28-18-6-3-5-16(12-18)25-29-24-19-7-2-1-4-15(19)8-10-22(24)32-25/h1-13H,14H2,(H,28,30). The van der Waals surface area contributed by atoms with Gasteiger partial charge in [0.15, 0.2) is 12.2 Å². The molecule has 7 heteroatoms. The van der Waals surface area contributed by atoms with Crippen LogP contribution in [0.15, 0.2) is 83.3 Å². The second-order valence-electron chi connectivity index (χ2n) is 7.14. The van der Waals surface area contributed by atoms with E-state index in [2.05, 4.69) is 5.32 Å². The van der Waals surface area contributed by atoms with Gasteiger partial charge in [0, 0.05) is 21.7 Å². The molecule has 5 aromatic rings. The van der Waals surface area contributed by atoms with Crippen molar-refractivity contribution in [3.05, 3.63) is 88.9 Å². The van der Waals surface area contributed by atoms with Crippen molar-refractivity contribution < 1.29 is 13.9 Å². The molecule has 0 saturated carbocycles. The van der Waals surface area contributed by atoms with Gasteiger partial charge in [0.25, 0.3) is 5.91 Å². The van der Waals surface area contributed by atoms with Crippen molar-refractivity contribution in [3.63, 3.8) is 0 Å². The van der Waals surface area contributed by atoms with E-state index in [1.807, 2.05) is 48.5 Å². The third kappa shape index (κ3) is 4.13. The number of halogens is 2. The van der Waals surface area contributed by atoms with Crippen LogP contribution in [0, 0.1) is 0 Å². The summed E-state index contributed by atoms with van der Waals surface area (Å²) in [7, 11) is 0. The first-order valence-electron chi connectivity index (χ1n) is 9.83. The molecule has 1 N–H and O–H groups in total. The molecule has 5 rings (SSSR count). The predicted octanol–water partition coefficient (Wildman–Crippen LogP) is 6.97. The third-order valence-corrected chi connectivity index (χ3v) is 5.46. The maximum Gasteiger partial charge on any atom is 0.262 e. The van der Waals surface area contributed by atoms with Crippen molar-refractivity contribution in [1.29, 1.82) is 0 Å². The number of anilines is 1. The van der Waals surface area contributed by atoms with Crippen molar-refractivity contribution >= 4 is 56.7 Å². The van der Waals surface area contributed by atoms with Gasteiger partial charge >= 0.3 is 0 Å². The minimum absolute atomic E-state index is 0.194. The highest BCUT2D eigenvalue weighted by Crippen LogP contribution is 2.31. The lowest BCUT2D eigenvalue weighted by Gasteiger charge is -2.09. The van der Waals surface area contributed by atoms with Crippen LogP contribution in [0.5, 0.6) is 5.75 Å². The number of hydrogen-bond donors (Lipinski definition) is 1. The monoisotopic (exact) mass is 462 g/mol. The van der Waals surface area contributed by atoms with Gasteiger partial charge in [0.1, 0.15) is 11.3 Å². The lowest BCUT2D eigenvalue weighted by molar-refractivity contribution is -0.118. The molecule has 0 fully saturated rings. The Morgan fingerprint density at radius 1 is 0.969 bits per heavy atom. The Kier molecular flexibility index (Phi) is 5.43. The molecular formula is C25H16Cl2N2O3. The maximum absolute atomic E-state index is 12.4. The smallest absolute Gasteiger partial charge is 0.262 e. The molecule has 0 unspecified atom stereocenters. The van der Waals surface area contributed by atoms with Gasteiger partial charge in [-0.1, -0.05) is 59.6 Å². The van der Waals surface area contributed by atoms with Crippen LogP contribution < -0.4 is 10.1 Å². The van der Waals surface area contributed by atoms with Gasteiger partial charge in [-0.2, -0.15) is 0 Å². The Bertz CT molecular complexity index is 1460. The van der Waals surface area contributed by atoms with E-state index in [9.17, 15) is 4.79 Å². The average Bonchev–Trinajstić information content (AvgIpc) is 3.24. The molecule has 4 aromatic carbocycles. The van der Waals surface area contributed by atoms with Crippen molar-refractivity contribution in [3.8, 4) is 17.2 Å². The summed E-state index contributed by atoms with van der Waals surface area (Å²) in [5, 5.41) is 5.78. The van der Waals surface area contributed by atoms with Gasteiger partial charge in [0.2, 0.25) is 5.89 Å². The minimum Gasteiger partial charge on any atom is -0.482 e. The second kappa shape index (κ2) is 8.54.